The number of thioether (sulfide) groups is 1. The van der Waals surface area contributed by atoms with Crippen LogP contribution in [0.2, 0.25) is 0 Å². The fourth-order valence-corrected chi connectivity index (χ4v) is 6.01. The largest absolute Gasteiger partial charge is 0.358 e. The molecule has 0 aromatic heterocycles. The normalized spacial score (nSPS) is 25.6. The van der Waals surface area contributed by atoms with Gasteiger partial charge < -0.3 is 10.2 Å². The highest BCUT2D eigenvalue weighted by atomic mass is 32.2. The van der Waals surface area contributed by atoms with E-state index in [2.05, 4.69) is 57.6 Å². The van der Waals surface area contributed by atoms with Crippen LogP contribution in [0.3, 0.4) is 0 Å². The van der Waals surface area contributed by atoms with E-state index < -0.39 is 0 Å². The van der Waals surface area contributed by atoms with Gasteiger partial charge in [-0.2, -0.15) is 0 Å². The Balaban J connectivity index is 1.32. The molecule has 140 valence electrons. The zero-order valence-electron chi connectivity index (χ0n) is 15.4. The Hall–Kier alpha value is -1.98. The zero-order valence-corrected chi connectivity index (χ0v) is 16.2. The van der Waals surface area contributed by atoms with Gasteiger partial charge in [-0.3, -0.25) is 9.69 Å². The lowest BCUT2D eigenvalue weighted by molar-refractivity contribution is -0.108. The molecule has 1 saturated heterocycles. The van der Waals surface area contributed by atoms with E-state index >= 15 is 0 Å². The molecule has 2 unspecified atom stereocenters. The van der Waals surface area contributed by atoms with Crippen LogP contribution in [0.5, 0.6) is 0 Å². The minimum absolute atomic E-state index is 0.231. The van der Waals surface area contributed by atoms with E-state index in [1.807, 2.05) is 17.8 Å². The third-order valence-corrected chi connectivity index (χ3v) is 7.30. The van der Waals surface area contributed by atoms with Crippen molar-refractivity contribution in [3.63, 3.8) is 0 Å². The highest BCUT2D eigenvalue weighted by molar-refractivity contribution is 7.99. The quantitative estimate of drug-likeness (QED) is 0.811. The maximum Gasteiger partial charge on any atom is 0.162 e. The average molecular weight is 380 g/mol. The third-order valence-electron chi connectivity index (χ3n) is 6.17. The number of para-hydroxylation sites is 2. The molecule has 3 heterocycles. The summed E-state index contributed by atoms with van der Waals surface area (Å²) in [4.78, 5) is 18.1. The summed E-state index contributed by atoms with van der Waals surface area (Å²) in [5.41, 5.74) is 3.76. The van der Waals surface area contributed by atoms with Gasteiger partial charge in [-0.25, -0.2) is 0 Å². The molecule has 0 amide bonds. The number of nitrogens with one attached hydrogen (secondary N) is 1. The van der Waals surface area contributed by atoms with Gasteiger partial charge in [0, 0.05) is 30.1 Å². The second-order valence-electron chi connectivity index (χ2n) is 7.61. The first-order chi connectivity index (χ1) is 13.3. The highest BCUT2D eigenvalue weighted by Gasteiger charge is 2.37. The molecule has 27 heavy (non-hydrogen) atoms. The van der Waals surface area contributed by atoms with Crippen LogP contribution in [0.15, 0.2) is 53.4 Å². The Morgan fingerprint density at radius 2 is 1.78 bits per heavy atom. The monoisotopic (exact) mass is 379 g/mol. The summed E-state index contributed by atoms with van der Waals surface area (Å²) in [7, 11) is 0. The average Bonchev–Trinajstić information content (AvgIpc) is 3.12. The minimum Gasteiger partial charge on any atom is -0.358 e. The molecule has 0 bridgehead atoms. The molecule has 0 aliphatic carbocycles. The third kappa shape index (κ3) is 3.03. The van der Waals surface area contributed by atoms with Crippen molar-refractivity contribution in [3.05, 3.63) is 54.1 Å². The molecule has 5 rings (SSSR count). The molecule has 2 aromatic rings. The summed E-state index contributed by atoms with van der Waals surface area (Å²) in [6.45, 7) is 2.19. The molecule has 2 atom stereocenters. The van der Waals surface area contributed by atoms with E-state index in [1.54, 1.807) is 0 Å². The van der Waals surface area contributed by atoms with Gasteiger partial charge in [0.25, 0.3) is 0 Å². The van der Waals surface area contributed by atoms with E-state index in [0.717, 1.165) is 37.9 Å². The second kappa shape index (κ2) is 7.21. The van der Waals surface area contributed by atoms with Gasteiger partial charge in [0.2, 0.25) is 0 Å². The first-order valence-electron chi connectivity index (χ1n) is 9.90. The standard InChI is InChI=1S/C22H25N3OS/c26-15-22-23-18-6-2-3-7-20(18)25(22)16-9-12-24(13-10-16)19-11-14-27-21-8-4-1-5-17(19)21/h1-8,15-16,19,22-23H,9-14H2. The molecule has 5 heteroatoms. The predicted molar refractivity (Wildman–Crippen MR) is 112 cm³/mol. The predicted octanol–water partition coefficient (Wildman–Crippen LogP) is 4.15. The molecule has 4 nitrogen and oxygen atoms in total. The number of hydrogen-bond acceptors (Lipinski definition) is 5. The van der Waals surface area contributed by atoms with Gasteiger partial charge >= 0.3 is 0 Å². The van der Waals surface area contributed by atoms with Crippen molar-refractivity contribution in [2.24, 2.45) is 0 Å². The van der Waals surface area contributed by atoms with Crippen LogP contribution < -0.4 is 10.2 Å². The van der Waals surface area contributed by atoms with Crippen molar-refractivity contribution >= 4 is 29.4 Å². The SMILES string of the molecule is O=CC1Nc2ccccc2N1C1CCN(C2CCSc3ccccc32)CC1. The van der Waals surface area contributed by atoms with Crippen molar-refractivity contribution in [1.29, 1.82) is 0 Å². The van der Waals surface area contributed by atoms with Crippen molar-refractivity contribution in [3.8, 4) is 0 Å². The Bertz CT molecular complexity index is 834. The summed E-state index contributed by atoms with van der Waals surface area (Å²) >= 11 is 1.99. The van der Waals surface area contributed by atoms with Gasteiger partial charge in [-0.1, -0.05) is 30.3 Å². The van der Waals surface area contributed by atoms with Crippen LogP contribution in [0.25, 0.3) is 0 Å². The lowest BCUT2D eigenvalue weighted by Crippen LogP contribution is -2.50. The minimum atomic E-state index is -0.231. The smallest absolute Gasteiger partial charge is 0.162 e. The topological polar surface area (TPSA) is 35.6 Å². The first-order valence-corrected chi connectivity index (χ1v) is 10.9. The molecular weight excluding hydrogens is 354 g/mol. The number of carbonyl (C=O) groups is 1. The fraction of sp³-hybridized carbons (Fsp3) is 0.409. The van der Waals surface area contributed by atoms with Gasteiger partial charge in [-0.05, 0) is 48.8 Å². The van der Waals surface area contributed by atoms with Crippen molar-refractivity contribution in [1.82, 2.24) is 4.90 Å². The van der Waals surface area contributed by atoms with E-state index in [1.165, 1.54) is 28.3 Å². The molecular formula is C22H25N3OS. The van der Waals surface area contributed by atoms with Crippen LogP contribution in [0, 0.1) is 0 Å². The Morgan fingerprint density at radius 3 is 2.63 bits per heavy atom. The van der Waals surface area contributed by atoms with E-state index in [0.29, 0.717) is 12.1 Å². The maximum atomic E-state index is 11.7. The number of benzene rings is 2. The van der Waals surface area contributed by atoms with Crippen molar-refractivity contribution in [2.75, 3.05) is 29.1 Å². The molecule has 1 N–H and O–H groups in total. The van der Waals surface area contributed by atoms with Crippen LogP contribution in [0.1, 0.15) is 30.9 Å². The van der Waals surface area contributed by atoms with Gasteiger partial charge in [0.15, 0.2) is 12.5 Å². The molecule has 0 saturated carbocycles. The Kier molecular flexibility index (Phi) is 4.58. The number of carbonyl (C=O) groups excluding carboxylic acids is 1. The number of nitrogens with zero attached hydrogens (tertiary/aromatic N) is 2. The number of likely N-dealkylation sites (tertiary alicyclic amines) is 1. The van der Waals surface area contributed by atoms with Gasteiger partial charge in [0.1, 0.15) is 0 Å². The number of fused-ring (bicyclic) bond motifs is 2. The molecule has 2 aromatic carbocycles. The highest BCUT2D eigenvalue weighted by Crippen LogP contribution is 2.42. The number of rotatable bonds is 3. The second-order valence-corrected chi connectivity index (χ2v) is 8.74. The summed E-state index contributed by atoms with van der Waals surface area (Å²) in [6.07, 6.45) is 4.25. The Labute approximate surface area is 164 Å². The lowest BCUT2D eigenvalue weighted by atomic mass is 9.96. The van der Waals surface area contributed by atoms with Crippen molar-refractivity contribution in [2.45, 2.75) is 42.4 Å². The number of aldehydes is 1. The number of hydrogen-bond donors (Lipinski definition) is 1. The zero-order chi connectivity index (χ0) is 18.2. The van der Waals surface area contributed by atoms with Crippen molar-refractivity contribution < 1.29 is 4.79 Å². The van der Waals surface area contributed by atoms with Gasteiger partial charge in [-0.15, -0.1) is 11.8 Å². The summed E-state index contributed by atoms with van der Waals surface area (Å²) in [5.74, 6) is 1.21. The summed E-state index contributed by atoms with van der Waals surface area (Å²) < 4.78 is 0. The first kappa shape index (κ1) is 17.1. The number of piperidine rings is 1. The molecule has 3 aliphatic rings. The lowest BCUT2D eigenvalue weighted by Gasteiger charge is -2.43. The molecule has 0 spiro atoms. The van der Waals surface area contributed by atoms with Crippen LogP contribution in [-0.4, -0.2) is 42.2 Å². The summed E-state index contributed by atoms with van der Waals surface area (Å²) in [5, 5.41) is 3.36. The van der Waals surface area contributed by atoms with Crippen LogP contribution in [-0.2, 0) is 4.79 Å². The Morgan fingerprint density at radius 1 is 1.00 bits per heavy atom. The summed E-state index contributed by atoms with van der Waals surface area (Å²) in [6, 6.07) is 18.1. The van der Waals surface area contributed by atoms with E-state index in [-0.39, 0.29) is 6.17 Å². The van der Waals surface area contributed by atoms with E-state index in [4.69, 9.17) is 0 Å². The van der Waals surface area contributed by atoms with Crippen LogP contribution >= 0.6 is 11.8 Å². The maximum absolute atomic E-state index is 11.7. The van der Waals surface area contributed by atoms with Gasteiger partial charge in [0.05, 0.1) is 11.4 Å². The number of anilines is 2. The van der Waals surface area contributed by atoms with E-state index in [9.17, 15) is 4.79 Å². The molecule has 1 fully saturated rings. The fourth-order valence-electron chi connectivity index (χ4n) is 4.90. The molecule has 3 aliphatic heterocycles. The van der Waals surface area contributed by atoms with Crippen LogP contribution in [0.4, 0.5) is 11.4 Å². The molecule has 0 radical (unpaired) electrons.